The Labute approximate surface area is 135 Å². The van der Waals surface area contributed by atoms with E-state index in [1.807, 2.05) is 17.0 Å². The van der Waals surface area contributed by atoms with Crippen LogP contribution < -0.4 is 56.3 Å². The summed E-state index contributed by atoms with van der Waals surface area (Å²) < 4.78 is 36.3. The molecule has 2 heterocycles. The second-order valence-corrected chi connectivity index (χ2v) is 3.92. The third-order valence-electron chi connectivity index (χ3n) is 2.59. The Balaban J connectivity index is 0.00000128. The molecular weight excluding hydrogens is 243 g/mol. The van der Waals surface area contributed by atoms with E-state index in [-0.39, 0.29) is 57.3 Å². The summed E-state index contributed by atoms with van der Waals surface area (Å²) in [6, 6.07) is 3.63. The number of rotatable bonds is 3. The molecule has 0 spiro atoms. The van der Waals surface area contributed by atoms with E-state index in [0.29, 0.717) is 13.1 Å². The Kier molecular flexibility index (Phi) is 5.31. The van der Waals surface area contributed by atoms with E-state index in [4.69, 9.17) is 0 Å². The zero-order chi connectivity index (χ0) is 10.9. The molecule has 7 heteroatoms. The fourth-order valence-electron chi connectivity index (χ4n) is 1.86. The van der Waals surface area contributed by atoms with Gasteiger partial charge in [-0.3, -0.25) is 4.98 Å². The predicted molar refractivity (Wildman–Crippen MR) is 53.8 cm³/mol. The summed E-state index contributed by atoms with van der Waals surface area (Å²) in [5.41, 5.74) is 0.955. The van der Waals surface area contributed by atoms with E-state index >= 15 is 0 Å². The van der Waals surface area contributed by atoms with Crippen molar-refractivity contribution in [1.82, 2.24) is 4.98 Å². The Morgan fingerprint density at radius 1 is 1.25 bits per heavy atom. The molecule has 82 valence electrons. The molecule has 1 fully saturated rings. The van der Waals surface area contributed by atoms with Crippen LogP contribution in [-0.2, 0) is 0 Å². The standard InChI is InChI=1S/C9H11BF3N2.K/c11-10(12,13)5-8-6-15(7-8)9-1-3-14-4-2-9;/h1-4,8H,5-7H2;/q-1;+1. The molecule has 0 amide bonds. The number of aromatic nitrogens is 1. The number of anilines is 1. The van der Waals surface area contributed by atoms with Crippen LogP contribution in [0.4, 0.5) is 18.6 Å². The van der Waals surface area contributed by atoms with E-state index in [1.54, 1.807) is 12.4 Å². The third kappa shape index (κ3) is 4.03. The molecule has 0 atom stereocenters. The topological polar surface area (TPSA) is 16.1 Å². The van der Waals surface area contributed by atoms with Gasteiger partial charge >= 0.3 is 58.4 Å². The SMILES string of the molecule is F[B-](F)(F)CC1CN(c2ccncc2)C1.[K+]. The number of halogens is 3. The third-order valence-corrected chi connectivity index (χ3v) is 2.59. The largest absolute Gasteiger partial charge is 1.00 e. The first-order valence-electron chi connectivity index (χ1n) is 4.90. The van der Waals surface area contributed by atoms with Gasteiger partial charge in [-0.1, -0.05) is 6.32 Å². The minimum Gasteiger partial charge on any atom is -0.449 e. The van der Waals surface area contributed by atoms with Crippen molar-refractivity contribution in [3.05, 3.63) is 24.5 Å². The van der Waals surface area contributed by atoms with Gasteiger partial charge in [0.25, 0.3) is 0 Å². The van der Waals surface area contributed by atoms with Crippen LogP contribution in [0.1, 0.15) is 0 Å². The molecule has 2 rings (SSSR count). The van der Waals surface area contributed by atoms with Crippen LogP contribution in [-0.4, -0.2) is 25.1 Å². The van der Waals surface area contributed by atoms with E-state index < -0.39 is 13.3 Å². The summed E-state index contributed by atoms with van der Waals surface area (Å²) in [7, 11) is 0. The molecule has 0 saturated carbocycles. The molecule has 0 N–H and O–H groups in total. The summed E-state index contributed by atoms with van der Waals surface area (Å²) >= 11 is 0. The Morgan fingerprint density at radius 3 is 2.31 bits per heavy atom. The normalized spacial score (nSPS) is 16.6. The van der Waals surface area contributed by atoms with Crippen molar-refractivity contribution in [3.8, 4) is 0 Å². The van der Waals surface area contributed by atoms with E-state index in [2.05, 4.69) is 4.98 Å². The van der Waals surface area contributed by atoms with Crippen molar-refractivity contribution in [2.45, 2.75) is 6.32 Å². The predicted octanol–water partition coefficient (Wildman–Crippen LogP) is -0.631. The van der Waals surface area contributed by atoms with Gasteiger partial charge in [-0.2, -0.15) is 0 Å². The van der Waals surface area contributed by atoms with Crippen LogP contribution in [0, 0.1) is 5.92 Å². The Morgan fingerprint density at radius 2 is 1.81 bits per heavy atom. The summed E-state index contributed by atoms with van der Waals surface area (Å²) in [5.74, 6) is -0.224. The summed E-state index contributed by atoms with van der Waals surface area (Å²) in [4.78, 5) is 5.80. The average Bonchev–Trinajstić information content (AvgIpc) is 2.11. The monoisotopic (exact) mass is 254 g/mol. The second-order valence-electron chi connectivity index (χ2n) is 3.92. The molecule has 0 aromatic carbocycles. The van der Waals surface area contributed by atoms with Crippen molar-refractivity contribution in [2.24, 2.45) is 5.92 Å². The molecule has 16 heavy (non-hydrogen) atoms. The smallest absolute Gasteiger partial charge is 0.449 e. The fourth-order valence-corrected chi connectivity index (χ4v) is 1.86. The van der Waals surface area contributed by atoms with Crippen LogP contribution in [0.2, 0.25) is 6.32 Å². The van der Waals surface area contributed by atoms with Gasteiger partial charge in [0.2, 0.25) is 0 Å². The van der Waals surface area contributed by atoms with Crippen molar-refractivity contribution in [2.75, 3.05) is 18.0 Å². The summed E-state index contributed by atoms with van der Waals surface area (Å²) in [6.07, 6.45) is 2.69. The van der Waals surface area contributed by atoms with Crippen molar-refractivity contribution in [3.63, 3.8) is 0 Å². The van der Waals surface area contributed by atoms with Gasteiger partial charge in [0.1, 0.15) is 0 Å². The summed E-state index contributed by atoms with van der Waals surface area (Å²) in [6.45, 7) is -3.62. The molecule has 0 radical (unpaired) electrons. The quantitative estimate of drug-likeness (QED) is 0.668. The van der Waals surface area contributed by atoms with Crippen LogP contribution in [0.5, 0.6) is 0 Å². The number of nitrogens with zero attached hydrogens (tertiary/aromatic N) is 2. The van der Waals surface area contributed by atoms with Gasteiger partial charge in [0.15, 0.2) is 0 Å². The van der Waals surface area contributed by atoms with Gasteiger partial charge in [0, 0.05) is 31.2 Å². The van der Waals surface area contributed by atoms with Crippen LogP contribution in [0.3, 0.4) is 0 Å². The zero-order valence-corrected chi connectivity index (χ0v) is 12.2. The van der Waals surface area contributed by atoms with Gasteiger partial charge in [0.05, 0.1) is 0 Å². The Hall–Kier alpha value is 0.441. The molecule has 1 saturated heterocycles. The molecule has 1 aromatic heterocycles. The molecule has 0 bridgehead atoms. The molecular formula is C9H11BF3KN2. The molecule has 2 nitrogen and oxygen atoms in total. The van der Waals surface area contributed by atoms with Gasteiger partial charge < -0.3 is 17.8 Å². The first kappa shape index (κ1) is 14.5. The van der Waals surface area contributed by atoms with Crippen molar-refractivity contribution in [1.29, 1.82) is 0 Å². The minimum absolute atomic E-state index is 0. The number of hydrogen-bond acceptors (Lipinski definition) is 2. The maximum atomic E-state index is 12.1. The Bertz CT molecular complexity index is 327. The molecule has 1 aliphatic heterocycles. The first-order chi connectivity index (χ1) is 7.04. The molecule has 0 unspecified atom stereocenters. The molecule has 1 aromatic rings. The van der Waals surface area contributed by atoms with E-state index in [0.717, 1.165) is 5.69 Å². The van der Waals surface area contributed by atoms with E-state index in [9.17, 15) is 12.9 Å². The van der Waals surface area contributed by atoms with Crippen LogP contribution >= 0.6 is 0 Å². The first-order valence-corrected chi connectivity index (χ1v) is 4.90. The second kappa shape index (κ2) is 5.86. The summed E-state index contributed by atoms with van der Waals surface area (Å²) in [5, 5.41) is 0. The fraction of sp³-hybridized carbons (Fsp3) is 0.444. The van der Waals surface area contributed by atoms with Crippen LogP contribution in [0.15, 0.2) is 24.5 Å². The number of hydrogen-bond donors (Lipinski definition) is 0. The maximum absolute atomic E-state index is 12.1. The van der Waals surface area contributed by atoms with Gasteiger partial charge in [-0.15, -0.1) is 0 Å². The van der Waals surface area contributed by atoms with Gasteiger partial charge in [-0.25, -0.2) is 0 Å². The van der Waals surface area contributed by atoms with E-state index in [1.165, 1.54) is 0 Å². The number of pyridine rings is 1. The molecule has 1 aliphatic rings. The zero-order valence-electron chi connectivity index (χ0n) is 9.11. The van der Waals surface area contributed by atoms with Crippen molar-refractivity contribution >= 4 is 12.7 Å². The van der Waals surface area contributed by atoms with Gasteiger partial charge in [-0.05, 0) is 18.1 Å². The van der Waals surface area contributed by atoms with Crippen molar-refractivity contribution < 1.29 is 64.3 Å². The molecule has 0 aliphatic carbocycles. The minimum atomic E-state index is -4.63. The van der Waals surface area contributed by atoms with Crippen LogP contribution in [0.25, 0.3) is 0 Å². The average molecular weight is 254 g/mol. The maximum Gasteiger partial charge on any atom is 1.00 e.